The molecule has 0 bridgehead atoms. The summed E-state index contributed by atoms with van der Waals surface area (Å²) < 4.78 is 5.69. The molecule has 0 radical (unpaired) electrons. The van der Waals surface area contributed by atoms with Crippen LogP contribution in [-0.2, 0) is 12.8 Å². The molecule has 2 atom stereocenters. The molecule has 0 aliphatic carbocycles. The van der Waals surface area contributed by atoms with Crippen molar-refractivity contribution in [2.24, 2.45) is 5.73 Å². The summed E-state index contributed by atoms with van der Waals surface area (Å²) >= 11 is 0. The average Bonchev–Trinajstić information content (AvgIpc) is 2.92. The van der Waals surface area contributed by atoms with E-state index in [1.807, 2.05) is 0 Å². The minimum Gasteiger partial charge on any atom is -0.493 e. The van der Waals surface area contributed by atoms with Crippen LogP contribution in [-0.4, -0.2) is 30.6 Å². The largest absolute Gasteiger partial charge is 0.493 e. The van der Waals surface area contributed by atoms with Gasteiger partial charge in [-0.25, -0.2) is 0 Å². The molecule has 4 rings (SSSR count). The lowest BCUT2D eigenvalue weighted by Crippen LogP contribution is -2.37. The van der Waals surface area contributed by atoms with Gasteiger partial charge in [0, 0.05) is 25.6 Å². The highest BCUT2D eigenvalue weighted by atomic mass is 16.5. The molecule has 3 heteroatoms. The first-order chi connectivity index (χ1) is 8.33. The van der Waals surface area contributed by atoms with E-state index in [1.165, 1.54) is 29.7 Å². The van der Waals surface area contributed by atoms with E-state index >= 15 is 0 Å². The highest BCUT2D eigenvalue weighted by Crippen LogP contribution is 2.40. The third-order valence-corrected chi connectivity index (χ3v) is 4.49. The number of hydrogen-bond donors (Lipinski definition) is 1. The van der Waals surface area contributed by atoms with Gasteiger partial charge in [-0.1, -0.05) is 6.07 Å². The fraction of sp³-hybridized carbons (Fsp3) is 0.571. The van der Waals surface area contributed by atoms with Gasteiger partial charge in [-0.15, -0.1) is 0 Å². The number of hydrogen-bond acceptors (Lipinski definition) is 3. The third kappa shape index (κ3) is 1.36. The van der Waals surface area contributed by atoms with Gasteiger partial charge in [-0.2, -0.15) is 0 Å². The Balaban J connectivity index is 1.84. The van der Waals surface area contributed by atoms with Crippen LogP contribution in [0.4, 0.5) is 0 Å². The van der Waals surface area contributed by atoms with Crippen LogP contribution >= 0.6 is 0 Å². The Morgan fingerprint density at radius 2 is 2.12 bits per heavy atom. The summed E-state index contributed by atoms with van der Waals surface area (Å²) in [6.45, 7) is 3.17. The predicted octanol–water partition coefficient (Wildman–Crippen LogP) is 1.25. The molecule has 1 aromatic carbocycles. The Kier molecular flexibility index (Phi) is 2.02. The van der Waals surface area contributed by atoms with Crippen LogP contribution in [0.2, 0.25) is 0 Å². The molecule has 0 saturated carbocycles. The van der Waals surface area contributed by atoms with Gasteiger partial charge in [-0.3, -0.25) is 4.90 Å². The topological polar surface area (TPSA) is 38.5 Å². The maximum absolute atomic E-state index is 6.27. The maximum Gasteiger partial charge on any atom is 0.122 e. The summed E-state index contributed by atoms with van der Waals surface area (Å²) in [5.41, 5.74) is 10.6. The normalized spacial score (nSPS) is 30.6. The highest BCUT2D eigenvalue weighted by molar-refractivity contribution is 5.47. The molecule has 90 valence electrons. The number of nitrogens with two attached hydrogens (primary N) is 1. The van der Waals surface area contributed by atoms with Gasteiger partial charge < -0.3 is 10.5 Å². The number of fused-ring (bicyclic) bond motifs is 4. The van der Waals surface area contributed by atoms with E-state index in [2.05, 4.69) is 17.0 Å². The van der Waals surface area contributed by atoms with E-state index in [0.29, 0.717) is 12.1 Å². The Morgan fingerprint density at radius 3 is 3.06 bits per heavy atom. The van der Waals surface area contributed by atoms with E-state index in [-0.39, 0.29) is 0 Å². The van der Waals surface area contributed by atoms with Crippen molar-refractivity contribution in [3.05, 3.63) is 28.8 Å². The van der Waals surface area contributed by atoms with Crippen molar-refractivity contribution in [2.75, 3.05) is 19.7 Å². The maximum atomic E-state index is 6.27. The monoisotopic (exact) mass is 230 g/mol. The third-order valence-electron chi connectivity index (χ3n) is 4.49. The summed E-state index contributed by atoms with van der Waals surface area (Å²) in [5.74, 6) is 1.10. The van der Waals surface area contributed by atoms with E-state index in [4.69, 9.17) is 10.5 Å². The van der Waals surface area contributed by atoms with Crippen molar-refractivity contribution in [1.82, 2.24) is 4.90 Å². The molecule has 3 aliphatic heterocycles. The van der Waals surface area contributed by atoms with Crippen LogP contribution in [0.1, 0.15) is 29.2 Å². The van der Waals surface area contributed by atoms with Crippen LogP contribution in [0, 0.1) is 0 Å². The van der Waals surface area contributed by atoms with Crippen molar-refractivity contribution in [1.29, 1.82) is 0 Å². The summed E-state index contributed by atoms with van der Waals surface area (Å²) in [5, 5.41) is 0. The Labute approximate surface area is 102 Å². The highest BCUT2D eigenvalue weighted by Gasteiger charge is 2.37. The minimum absolute atomic E-state index is 0.300. The zero-order valence-electron chi connectivity index (χ0n) is 9.98. The number of ether oxygens (including phenoxy) is 1. The van der Waals surface area contributed by atoms with Gasteiger partial charge in [-0.05, 0) is 35.6 Å². The molecule has 0 spiro atoms. The summed E-state index contributed by atoms with van der Waals surface area (Å²) in [7, 11) is 0. The van der Waals surface area contributed by atoms with E-state index in [0.717, 1.165) is 31.7 Å². The summed E-state index contributed by atoms with van der Waals surface area (Å²) in [6, 6.07) is 5.36. The first kappa shape index (κ1) is 9.92. The van der Waals surface area contributed by atoms with Crippen LogP contribution < -0.4 is 10.5 Å². The minimum atomic E-state index is 0.300. The molecule has 1 fully saturated rings. The Hall–Kier alpha value is -1.06. The van der Waals surface area contributed by atoms with Crippen molar-refractivity contribution in [3.8, 4) is 5.75 Å². The molecule has 0 amide bonds. The molecular weight excluding hydrogens is 212 g/mol. The fourth-order valence-electron chi connectivity index (χ4n) is 3.61. The zero-order chi connectivity index (χ0) is 11.4. The number of benzene rings is 1. The molecule has 17 heavy (non-hydrogen) atoms. The Bertz CT molecular complexity index is 472. The van der Waals surface area contributed by atoms with E-state index in [9.17, 15) is 0 Å². The van der Waals surface area contributed by atoms with Crippen LogP contribution in [0.15, 0.2) is 12.1 Å². The standard InChI is InChI=1S/C14H18N2O/c15-12-2-5-16-4-1-9-7-10-3-6-17-13(10)8-11(9)14(12)16/h7-8,12,14H,1-6,15H2. The van der Waals surface area contributed by atoms with Gasteiger partial charge in [0.1, 0.15) is 5.75 Å². The van der Waals surface area contributed by atoms with Crippen molar-refractivity contribution in [3.63, 3.8) is 0 Å². The second-order valence-corrected chi connectivity index (χ2v) is 5.44. The Morgan fingerprint density at radius 1 is 1.18 bits per heavy atom. The first-order valence-electron chi connectivity index (χ1n) is 6.61. The van der Waals surface area contributed by atoms with E-state index in [1.54, 1.807) is 0 Å². The SMILES string of the molecule is NC1CCN2CCc3cc4c(cc3C12)OCC4. The predicted molar refractivity (Wildman–Crippen MR) is 66.3 cm³/mol. The molecule has 0 aromatic heterocycles. The van der Waals surface area contributed by atoms with Gasteiger partial charge >= 0.3 is 0 Å². The van der Waals surface area contributed by atoms with Crippen LogP contribution in [0.3, 0.4) is 0 Å². The van der Waals surface area contributed by atoms with Gasteiger partial charge in [0.25, 0.3) is 0 Å². The smallest absolute Gasteiger partial charge is 0.122 e. The molecule has 3 aliphatic rings. The van der Waals surface area contributed by atoms with Crippen molar-refractivity contribution in [2.45, 2.75) is 31.3 Å². The molecule has 3 nitrogen and oxygen atoms in total. The fourth-order valence-corrected chi connectivity index (χ4v) is 3.61. The van der Waals surface area contributed by atoms with Crippen LogP contribution in [0.25, 0.3) is 0 Å². The average molecular weight is 230 g/mol. The molecule has 1 aromatic rings. The molecule has 2 N–H and O–H groups in total. The lowest BCUT2D eigenvalue weighted by Gasteiger charge is -2.34. The molecule has 1 saturated heterocycles. The zero-order valence-corrected chi connectivity index (χ0v) is 9.98. The van der Waals surface area contributed by atoms with Crippen molar-refractivity contribution < 1.29 is 4.74 Å². The lowest BCUT2D eigenvalue weighted by molar-refractivity contribution is 0.233. The second-order valence-electron chi connectivity index (χ2n) is 5.44. The summed E-state index contributed by atoms with van der Waals surface area (Å²) in [6.07, 6.45) is 3.37. The summed E-state index contributed by atoms with van der Waals surface area (Å²) in [4.78, 5) is 2.54. The molecule has 3 heterocycles. The number of nitrogens with zero attached hydrogens (tertiary/aromatic N) is 1. The van der Waals surface area contributed by atoms with Gasteiger partial charge in [0.2, 0.25) is 0 Å². The first-order valence-corrected chi connectivity index (χ1v) is 6.61. The van der Waals surface area contributed by atoms with Gasteiger partial charge in [0.15, 0.2) is 0 Å². The van der Waals surface area contributed by atoms with Gasteiger partial charge in [0.05, 0.1) is 12.6 Å². The quantitative estimate of drug-likeness (QED) is 0.729. The van der Waals surface area contributed by atoms with Crippen molar-refractivity contribution >= 4 is 0 Å². The number of rotatable bonds is 0. The van der Waals surface area contributed by atoms with E-state index < -0.39 is 0 Å². The second kappa shape index (κ2) is 3.47. The molecule has 2 unspecified atom stereocenters. The van der Waals surface area contributed by atoms with Crippen LogP contribution in [0.5, 0.6) is 5.75 Å². The molecular formula is C14H18N2O. The lowest BCUT2D eigenvalue weighted by atomic mass is 9.89.